The number of benzene rings is 1. The fourth-order valence-electron chi connectivity index (χ4n) is 1.02. The third kappa shape index (κ3) is 2.13. The Morgan fingerprint density at radius 2 is 1.93 bits per heavy atom. The molecule has 0 unspecified atom stereocenters. The van der Waals surface area contributed by atoms with Gasteiger partial charge in [0.15, 0.2) is 17.4 Å². The smallest absolute Gasteiger partial charge is 0.283 e. The first kappa shape index (κ1) is 11.2. The van der Waals surface area contributed by atoms with Crippen molar-refractivity contribution in [2.24, 2.45) is 5.73 Å². The lowest BCUT2D eigenvalue weighted by molar-refractivity contribution is -0.385. The number of ketones is 1. The van der Waals surface area contributed by atoms with Crippen molar-refractivity contribution in [2.75, 3.05) is 6.54 Å². The molecule has 0 spiro atoms. The molecule has 0 aliphatic heterocycles. The minimum Gasteiger partial charge on any atom is -0.324 e. The first-order valence-corrected chi connectivity index (χ1v) is 3.84. The van der Waals surface area contributed by atoms with Gasteiger partial charge >= 0.3 is 0 Å². The summed E-state index contributed by atoms with van der Waals surface area (Å²) in [4.78, 5) is 20.5. The first-order chi connectivity index (χ1) is 6.97. The van der Waals surface area contributed by atoms with Crippen LogP contribution in [-0.2, 0) is 0 Å². The number of carbonyl (C=O) groups excluding carboxylic acids is 1. The number of carbonyl (C=O) groups is 1. The van der Waals surface area contributed by atoms with Crippen LogP contribution in [-0.4, -0.2) is 17.3 Å². The van der Waals surface area contributed by atoms with Crippen molar-refractivity contribution < 1.29 is 18.5 Å². The van der Waals surface area contributed by atoms with Crippen LogP contribution < -0.4 is 5.73 Å². The third-order valence-corrected chi connectivity index (χ3v) is 1.72. The Bertz CT molecular complexity index is 434. The van der Waals surface area contributed by atoms with Gasteiger partial charge < -0.3 is 5.73 Å². The average molecular weight is 216 g/mol. The molecular formula is C8H6F2N2O3. The Morgan fingerprint density at radius 1 is 1.40 bits per heavy atom. The molecule has 0 fully saturated rings. The predicted molar refractivity (Wildman–Crippen MR) is 46.4 cm³/mol. The summed E-state index contributed by atoms with van der Waals surface area (Å²) in [7, 11) is 0. The van der Waals surface area contributed by atoms with Crippen LogP contribution in [0.1, 0.15) is 10.4 Å². The monoisotopic (exact) mass is 216 g/mol. The number of hydrogen-bond acceptors (Lipinski definition) is 4. The highest BCUT2D eigenvalue weighted by atomic mass is 19.2. The van der Waals surface area contributed by atoms with E-state index in [0.717, 1.165) is 0 Å². The molecule has 15 heavy (non-hydrogen) atoms. The zero-order valence-electron chi connectivity index (χ0n) is 7.37. The van der Waals surface area contributed by atoms with Crippen LogP contribution in [0.25, 0.3) is 0 Å². The summed E-state index contributed by atoms with van der Waals surface area (Å²) in [5.41, 5.74) is 3.66. The number of hydrogen-bond donors (Lipinski definition) is 1. The number of nitrogens with zero attached hydrogens (tertiary/aromatic N) is 1. The van der Waals surface area contributed by atoms with Gasteiger partial charge in [-0.05, 0) is 6.07 Å². The van der Waals surface area contributed by atoms with E-state index in [1.807, 2.05) is 0 Å². The molecule has 0 aromatic heterocycles. The van der Waals surface area contributed by atoms with Crippen molar-refractivity contribution in [3.05, 3.63) is 39.4 Å². The lowest BCUT2D eigenvalue weighted by Gasteiger charge is -2.01. The highest BCUT2D eigenvalue weighted by molar-refractivity contribution is 6.01. The molecule has 0 amide bonds. The van der Waals surface area contributed by atoms with E-state index in [9.17, 15) is 23.7 Å². The van der Waals surface area contributed by atoms with Crippen LogP contribution in [0.2, 0.25) is 0 Å². The molecule has 1 aromatic carbocycles. The molecule has 0 saturated heterocycles. The van der Waals surface area contributed by atoms with E-state index in [2.05, 4.69) is 0 Å². The van der Waals surface area contributed by atoms with Crippen molar-refractivity contribution in [3.8, 4) is 0 Å². The second-order valence-electron chi connectivity index (χ2n) is 2.67. The second-order valence-corrected chi connectivity index (χ2v) is 2.67. The summed E-state index contributed by atoms with van der Waals surface area (Å²) in [6, 6.07) is 0.834. The molecular weight excluding hydrogens is 210 g/mol. The third-order valence-electron chi connectivity index (χ3n) is 1.72. The molecule has 1 aromatic rings. The molecule has 0 heterocycles. The molecule has 0 radical (unpaired) electrons. The van der Waals surface area contributed by atoms with Crippen LogP contribution in [0.3, 0.4) is 0 Å². The Morgan fingerprint density at radius 3 is 2.40 bits per heavy atom. The van der Waals surface area contributed by atoms with Gasteiger partial charge in [-0.2, -0.15) is 0 Å². The summed E-state index contributed by atoms with van der Waals surface area (Å²) < 4.78 is 25.4. The normalized spacial score (nSPS) is 10.1. The molecule has 80 valence electrons. The van der Waals surface area contributed by atoms with Crippen LogP contribution in [0.5, 0.6) is 0 Å². The molecule has 0 aliphatic rings. The zero-order chi connectivity index (χ0) is 11.6. The molecule has 1 rings (SSSR count). The zero-order valence-corrected chi connectivity index (χ0v) is 7.37. The topological polar surface area (TPSA) is 86.2 Å². The Balaban J connectivity index is 3.41. The van der Waals surface area contributed by atoms with Crippen molar-refractivity contribution in [3.63, 3.8) is 0 Å². The van der Waals surface area contributed by atoms with E-state index in [4.69, 9.17) is 5.73 Å². The maximum atomic E-state index is 12.7. The lowest BCUT2D eigenvalue weighted by atomic mass is 10.1. The van der Waals surface area contributed by atoms with Crippen LogP contribution in [0.4, 0.5) is 14.5 Å². The SMILES string of the molecule is NCC(=O)c1cc(F)c(F)cc1[N+](=O)[O-]. The number of Topliss-reactive ketones (excluding diaryl/α,β-unsaturated/α-hetero) is 1. The van der Waals surface area contributed by atoms with E-state index < -0.39 is 40.1 Å². The summed E-state index contributed by atoms with van der Waals surface area (Å²) in [6.07, 6.45) is 0. The van der Waals surface area contributed by atoms with E-state index in [1.54, 1.807) is 0 Å². The summed E-state index contributed by atoms with van der Waals surface area (Å²) in [5.74, 6) is -3.52. The standard InChI is InChI=1S/C8H6F2N2O3/c9-5-1-4(8(13)3-11)7(12(14)15)2-6(5)10/h1-2H,3,11H2. The fourth-order valence-corrected chi connectivity index (χ4v) is 1.02. The maximum absolute atomic E-state index is 12.7. The minimum atomic E-state index is -1.38. The van der Waals surface area contributed by atoms with E-state index >= 15 is 0 Å². The second kappa shape index (κ2) is 4.09. The molecule has 5 nitrogen and oxygen atoms in total. The molecule has 0 atom stereocenters. The summed E-state index contributed by atoms with van der Waals surface area (Å²) in [5, 5.41) is 10.4. The van der Waals surface area contributed by atoms with Gasteiger partial charge in [0.1, 0.15) is 0 Å². The van der Waals surface area contributed by atoms with Gasteiger partial charge in [-0.15, -0.1) is 0 Å². The molecule has 0 saturated carbocycles. The van der Waals surface area contributed by atoms with E-state index in [-0.39, 0.29) is 0 Å². The summed E-state index contributed by atoms with van der Waals surface area (Å²) >= 11 is 0. The molecule has 0 bridgehead atoms. The lowest BCUT2D eigenvalue weighted by Crippen LogP contribution is -2.15. The van der Waals surface area contributed by atoms with Gasteiger partial charge in [-0.3, -0.25) is 14.9 Å². The fraction of sp³-hybridized carbons (Fsp3) is 0.125. The number of rotatable bonds is 3. The predicted octanol–water partition coefficient (Wildman–Crippen LogP) is 1.01. The van der Waals surface area contributed by atoms with Crippen LogP contribution in [0, 0.1) is 21.7 Å². The Hall–Kier alpha value is -1.89. The highest BCUT2D eigenvalue weighted by Gasteiger charge is 2.22. The summed E-state index contributed by atoms with van der Waals surface area (Å²) in [6.45, 7) is -0.508. The van der Waals surface area contributed by atoms with Crippen LogP contribution >= 0.6 is 0 Å². The minimum absolute atomic E-state index is 0.359. The largest absolute Gasteiger partial charge is 0.324 e. The van der Waals surface area contributed by atoms with Crippen molar-refractivity contribution in [2.45, 2.75) is 0 Å². The van der Waals surface area contributed by atoms with Gasteiger partial charge in [-0.25, -0.2) is 8.78 Å². The van der Waals surface area contributed by atoms with Crippen molar-refractivity contribution in [1.82, 2.24) is 0 Å². The molecule has 0 aliphatic carbocycles. The highest BCUT2D eigenvalue weighted by Crippen LogP contribution is 2.22. The maximum Gasteiger partial charge on any atom is 0.283 e. The van der Waals surface area contributed by atoms with Gasteiger partial charge in [0, 0.05) is 0 Å². The Kier molecular flexibility index (Phi) is 3.05. The average Bonchev–Trinajstić information content (AvgIpc) is 2.20. The number of halogens is 2. The van der Waals surface area contributed by atoms with Gasteiger partial charge in [0.2, 0.25) is 0 Å². The van der Waals surface area contributed by atoms with E-state index in [1.165, 1.54) is 0 Å². The van der Waals surface area contributed by atoms with E-state index in [0.29, 0.717) is 12.1 Å². The quantitative estimate of drug-likeness (QED) is 0.464. The number of nitro benzene ring substituents is 1. The number of nitrogens with two attached hydrogens (primary N) is 1. The number of nitro groups is 1. The van der Waals surface area contributed by atoms with Gasteiger partial charge in [-0.1, -0.05) is 0 Å². The molecule has 7 heteroatoms. The van der Waals surface area contributed by atoms with Gasteiger partial charge in [0.25, 0.3) is 5.69 Å². The van der Waals surface area contributed by atoms with Crippen molar-refractivity contribution >= 4 is 11.5 Å². The molecule has 2 N–H and O–H groups in total. The first-order valence-electron chi connectivity index (χ1n) is 3.84. The van der Waals surface area contributed by atoms with Crippen molar-refractivity contribution in [1.29, 1.82) is 0 Å². The Labute approximate surface area is 82.6 Å². The van der Waals surface area contributed by atoms with Crippen LogP contribution in [0.15, 0.2) is 12.1 Å². The van der Waals surface area contributed by atoms with Gasteiger partial charge in [0.05, 0.1) is 23.1 Å².